The number of nitrogens with one attached hydrogen (secondary N) is 1. The lowest BCUT2D eigenvalue weighted by Gasteiger charge is -2.15. The first kappa shape index (κ1) is 21.3. The number of carbonyl (C=O) groups excluding carboxylic acids is 1. The minimum Gasteiger partial charge on any atom is -0.493 e. The molecule has 0 aromatic heterocycles. The number of benzene rings is 2. The lowest BCUT2D eigenvalue weighted by atomic mass is 10.1. The Morgan fingerprint density at radius 3 is 2.25 bits per heavy atom. The van der Waals surface area contributed by atoms with E-state index in [9.17, 15) is 22.4 Å². The van der Waals surface area contributed by atoms with Crippen molar-refractivity contribution in [2.24, 2.45) is 0 Å². The predicted molar refractivity (Wildman–Crippen MR) is 94.5 cm³/mol. The number of rotatable bonds is 7. The second-order valence-corrected chi connectivity index (χ2v) is 5.73. The number of ether oxygens (including phenoxy) is 3. The Kier molecular flexibility index (Phi) is 6.71. The van der Waals surface area contributed by atoms with Crippen molar-refractivity contribution in [2.45, 2.75) is 19.0 Å². The summed E-state index contributed by atoms with van der Waals surface area (Å²) in [6.07, 6.45) is -4.65. The van der Waals surface area contributed by atoms with E-state index in [1.165, 1.54) is 21.3 Å². The molecule has 0 radical (unpaired) electrons. The number of alkyl halides is 3. The van der Waals surface area contributed by atoms with Crippen LogP contribution in [0.25, 0.3) is 0 Å². The summed E-state index contributed by atoms with van der Waals surface area (Å²) in [7, 11) is 4.37. The summed E-state index contributed by atoms with van der Waals surface area (Å²) in [6.45, 7) is 0. The van der Waals surface area contributed by atoms with Crippen LogP contribution in [0, 0.1) is 5.82 Å². The van der Waals surface area contributed by atoms with Crippen LogP contribution >= 0.6 is 0 Å². The topological polar surface area (TPSA) is 56.8 Å². The summed E-state index contributed by atoms with van der Waals surface area (Å²) in [4.78, 5) is 12.1. The molecule has 2 aromatic rings. The first-order valence-electron chi connectivity index (χ1n) is 8.15. The molecule has 152 valence electrons. The molecule has 0 saturated carbocycles. The summed E-state index contributed by atoms with van der Waals surface area (Å²) in [5, 5.41) is 2.34. The summed E-state index contributed by atoms with van der Waals surface area (Å²) in [5.41, 5.74) is -0.921. The van der Waals surface area contributed by atoms with Gasteiger partial charge in [0, 0.05) is 12.1 Å². The minimum absolute atomic E-state index is 0.0371. The standard InChI is InChI=1S/C19H19F4NO4/c1-26-15-8-4-11(17(27-2)18(15)28-3)5-9-16(25)24-12-6-7-14(20)13(10-12)19(21,22)23/h4,6-8,10H,5,9H2,1-3H3,(H,24,25). The van der Waals surface area contributed by atoms with Crippen molar-refractivity contribution in [3.63, 3.8) is 0 Å². The zero-order valence-electron chi connectivity index (χ0n) is 15.4. The number of carbonyl (C=O) groups is 1. The fraction of sp³-hybridized carbons (Fsp3) is 0.316. The van der Waals surface area contributed by atoms with Crippen LogP contribution < -0.4 is 19.5 Å². The van der Waals surface area contributed by atoms with Gasteiger partial charge in [-0.2, -0.15) is 13.2 Å². The highest BCUT2D eigenvalue weighted by Gasteiger charge is 2.34. The molecule has 0 saturated heterocycles. The highest BCUT2D eigenvalue weighted by Crippen LogP contribution is 2.40. The molecule has 0 aliphatic carbocycles. The van der Waals surface area contributed by atoms with Gasteiger partial charge in [0.25, 0.3) is 0 Å². The molecule has 0 aliphatic rings. The summed E-state index contributed by atoms with van der Waals surface area (Å²) < 4.78 is 67.4. The Balaban J connectivity index is 2.11. The maximum Gasteiger partial charge on any atom is 0.419 e. The largest absolute Gasteiger partial charge is 0.493 e. The molecule has 28 heavy (non-hydrogen) atoms. The quantitative estimate of drug-likeness (QED) is 0.697. The molecule has 0 aliphatic heterocycles. The molecular formula is C19H19F4NO4. The fourth-order valence-electron chi connectivity index (χ4n) is 2.65. The SMILES string of the molecule is COc1ccc(CCC(=O)Nc2ccc(F)c(C(F)(F)F)c2)c(OC)c1OC. The molecule has 2 aromatic carbocycles. The molecule has 0 fully saturated rings. The number of amides is 1. The van der Waals surface area contributed by atoms with Crippen LogP contribution in [-0.2, 0) is 17.4 Å². The van der Waals surface area contributed by atoms with Crippen molar-refractivity contribution >= 4 is 11.6 Å². The zero-order valence-corrected chi connectivity index (χ0v) is 15.4. The van der Waals surface area contributed by atoms with Crippen molar-refractivity contribution in [1.29, 1.82) is 0 Å². The first-order chi connectivity index (χ1) is 13.2. The molecule has 0 unspecified atom stereocenters. The normalized spacial score (nSPS) is 11.1. The smallest absolute Gasteiger partial charge is 0.419 e. The van der Waals surface area contributed by atoms with Gasteiger partial charge in [0.1, 0.15) is 5.82 Å². The number of anilines is 1. The van der Waals surface area contributed by atoms with Crippen LogP contribution in [-0.4, -0.2) is 27.2 Å². The van der Waals surface area contributed by atoms with Gasteiger partial charge in [-0.25, -0.2) is 4.39 Å². The van der Waals surface area contributed by atoms with Gasteiger partial charge < -0.3 is 19.5 Å². The Morgan fingerprint density at radius 1 is 1.00 bits per heavy atom. The lowest BCUT2D eigenvalue weighted by Crippen LogP contribution is -2.14. The van der Waals surface area contributed by atoms with E-state index >= 15 is 0 Å². The van der Waals surface area contributed by atoms with Crippen molar-refractivity contribution in [1.82, 2.24) is 0 Å². The van der Waals surface area contributed by atoms with E-state index in [1.54, 1.807) is 12.1 Å². The molecule has 1 amide bonds. The van der Waals surface area contributed by atoms with Gasteiger partial charge in [-0.15, -0.1) is 0 Å². The first-order valence-corrected chi connectivity index (χ1v) is 8.15. The molecular weight excluding hydrogens is 382 g/mol. The number of hydrogen-bond donors (Lipinski definition) is 1. The van der Waals surface area contributed by atoms with Crippen LogP contribution in [0.15, 0.2) is 30.3 Å². The van der Waals surface area contributed by atoms with Gasteiger partial charge >= 0.3 is 6.18 Å². The van der Waals surface area contributed by atoms with E-state index < -0.39 is 23.5 Å². The molecule has 0 spiro atoms. The summed E-state index contributed by atoms with van der Waals surface area (Å²) in [6, 6.07) is 5.65. The number of aryl methyl sites for hydroxylation is 1. The molecule has 0 heterocycles. The molecule has 9 heteroatoms. The Labute approximate surface area is 159 Å². The molecule has 1 N–H and O–H groups in total. The zero-order chi connectivity index (χ0) is 20.9. The average molecular weight is 401 g/mol. The van der Waals surface area contributed by atoms with E-state index in [1.807, 2.05) is 0 Å². The van der Waals surface area contributed by atoms with Gasteiger partial charge in [-0.05, 0) is 36.2 Å². The highest BCUT2D eigenvalue weighted by molar-refractivity contribution is 5.91. The van der Waals surface area contributed by atoms with Crippen LogP contribution in [0.1, 0.15) is 17.5 Å². The number of halogens is 4. The third-order valence-corrected chi connectivity index (χ3v) is 3.96. The van der Waals surface area contributed by atoms with Gasteiger partial charge in [0.15, 0.2) is 11.5 Å². The van der Waals surface area contributed by atoms with Gasteiger partial charge in [0.05, 0.1) is 26.9 Å². The van der Waals surface area contributed by atoms with Crippen LogP contribution in [0.4, 0.5) is 23.2 Å². The number of methoxy groups -OCH3 is 3. The maximum atomic E-state index is 13.3. The van der Waals surface area contributed by atoms with Gasteiger partial charge in [-0.1, -0.05) is 6.07 Å². The summed E-state index contributed by atoms with van der Waals surface area (Å²) >= 11 is 0. The summed E-state index contributed by atoms with van der Waals surface area (Å²) in [5.74, 6) is -0.706. The Morgan fingerprint density at radius 2 is 1.68 bits per heavy atom. The predicted octanol–water partition coefficient (Wildman–Crippen LogP) is 4.44. The number of hydrogen-bond acceptors (Lipinski definition) is 4. The van der Waals surface area contributed by atoms with Gasteiger partial charge in [0.2, 0.25) is 11.7 Å². The van der Waals surface area contributed by atoms with E-state index in [4.69, 9.17) is 14.2 Å². The lowest BCUT2D eigenvalue weighted by molar-refractivity contribution is -0.140. The van der Waals surface area contributed by atoms with Crippen molar-refractivity contribution in [3.8, 4) is 17.2 Å². The van der Waals surface area contributed by atoms with Crippen molar-refractivity contribution in [3.05, 3.63) is 47.3 Å². The molecule has 0 atom stereocenters. The third-order valence-electron chi connectivity index (χ3n) is 3.96. The average Bonchev–Trinajstić information content (AvgIpc) is 2.65. The highest BCUT2D eigenvalue weighted by atomic mass is 19.4. The Bertz CT molecular complexity index is 853. The fourth-order valence-corrected chi connectivity index (χ4v) is 2.65. The van der Waals surface area contributed by atoms with Gasteiger partial charge in [-0.3, -0.25) is 4.79 Å². The second-order valence-electron chi connectivity index (χ2n) is 5.73. The third kappa shape index (κ3) is 4.85. The monoisotopic (exact) mass is 401 g/mol. The van der Waals surface area contributed by atoms with Crippen LogP contribution in [0.3, 0.4) is 0 Å². The minimum atomic E-state index is -4.85. The Hall–Kier alpha value is -2.97. The van der Waals surface area contributed by atoms with Crippen LogP contribution in [0.2, 0.25) is 0 Å². The van der Waals surface area contributed by atoms with Crippen molar-refractivity contribution < 1.29 is 36.6 Å². The molecule has 2 rings (SSSR count). The van der Waals surface area contributed by atoms with E-state index in [0.29, 0.717) is 34.9 Å². The molecule has 5 nitrogen and oxygen atoms in total. The molecule has 0 bridgehead atoms. The van der Waals surface area contributed by atoms with E-state index in [-0.39, 0.29) is 18.5 Å². The van der Waals surface area contributed by atoms with Crippen molar-refractivity contribution in [2.75, 3.05) is 26.6 Å². The van der Waals surface area contributed by atoms with E-state index in [2.05, 4.69) is 5.32 Å². The van der Waals surface area contributed by atoms with E-state index in [0.717, 1.165) is 6.07 Å². The van der Waals surface area contributed by atoms with Crippen LogP contribution in [0.5, 0.6) is 17.2 Å². The maximum absolute atomic E-state index is 13.3. The second kappa shape index (κ2) is 8.81.